The van der Waals surface area contributed by atoms with Crippen molar-refractivity contribution in [1.29, 1.82) is 0 Å². The van der Waals surface area contributed by atoms with Crippen LogP contribution in [0.3, 0.4) is 0 Å². The summed E-state index contributed by atoms with van der Waals surface area (Å²) in [5, 5.41) is 4.45. The van der Waals surface area contributed by atoms with Gasteiger partial charge in [0.2, 0.25) is 0 Å². The maximum atomic E-state index is 5.08. The van der Waals surface area contributed by atoms with Crippen LogP contribution in [0.5, 0.6) is 0 Å². The van der Waals surface area contributed by atoms with Gasteiger partial charge < -0.3 is 10.1 Å². The van der Waals surface area contributed by atoms with Gasteiger partial charge in [-0.15, -0.1) is 0 Å². The van der Waals surface area contributed by atoms with E-state index in [4.69, 9.17) is 4.74 Å². The van der Waals surface area contributed by atoms with Gasteiger partial charge in [0.1, 0.15) is 0 Å². The topological polar surface area (TPSA) is 47.0 Å². The van der Waals surface area contributed by atoms with Gasteiger partial charge in [0.15, 0.2) is 5.16 Å². The third-order valence-electron chi connectivity index (χ3n) is 1.94. The van der Waals surface area contributed by atoms with E-state index < -0.39 is 0 Å². The fourth-order valence-electron chi connectivity index (χ4n) is 1.13. The first kappa shape index (κ1) is 9.89. The van der Waals surface area contributed by atoms with Crippen molar-refractivity contribution in [2.24, 2.45) is 0 Å². The molecule has 2 rings (SSSR count). The first-order valence-corrected chi connectivity index (χ1v) is 5.46. The lowest BCUT2D eigenvalue weighted by Gasteiger charge is -2.24. The Morgan fingerprint density at radius 3 is 2.71 bits per heavy atom. The molecule has 1 aliphatic heterocycles. The van der Waals surface area contributed by atoms with Crippen LogP contribution in [-0.4, -0.2) is 35.5 Å². The maximum absolute atomic E-state index is 5.08. The van der Waals surface area contributed by atoms with E-state index in [1.54, 1.807) is 11.8 Å². The lowest BCUT2D eigenvalue weighted by molar-refractivity contribution is 0.0454. The number of nitrogens with zero attached hydrogens (tertiary/aromatic N) is 2. The Hall–Kier alpha value is -0.650. The molecular weight excluding hydrogens is 198 g/mol. The van der Waals surface area contributed by atoms with Crippen LogP contribution in [0.25, 0.3) is 0 Å². The molecule has 1 saturated heterocycles. The molecule has 0 unspecified atom stereocenters. The zero-order valence-electron chi connectivity index (χ0n) is 8.06. The molecule has 1 aromatic rings. The van der Waals surface area contributed by atoms with Crippen molar-refractivity contribution in [2.45, 2.75) is 17.0 Å². The smallest absolute Gasteiger partial charge is 0.187 e. The lowest BCUT2D eigenvalue weighted by Crippen LogP contribution is -2.30. The van der Waals surface area contributed by atoms with Crippen LogP contribution in [0.4, 0.5) is 0 Å². The molecule has 1 aliphatic rings. The van der Waals surface area contributed by atoms with Gasteiger partial charge >= 0.3 is 0 Å². The van der Waals surface area contributed by atoms with E-state index in [9.17, 15) is 0 Å². The van der Waals surface area contributed by atoms with Crippen molar-refractivity contribution in [3.63, 3.8) is 0 Å². The predicted octanol–water partition coefficient (Wildman–Crippen LogP) is 0.687. The number of thioether (sulfide) groups is 1. The van der Waals surface area contributed by atoms with Crippen molar-refractivity contribution in [3.05, 3.63) is 18.0 Å². The summed E-state index contributed by atoms with van der Waals surface area (Å²) in [6.45, 7) is 2.47. The van der Waals surface area contributed by atoms with Crippen LogP contribution in [0.1, 0.15) is 5.56 Å². The van der Waals surface area contributed by atoms with Crippen molar-refractivity contribution in [3.8, 4) is 0 Å². The zero-order valence-corrected chi connectivity index (χ0v) is 8.88. The van der Waals surface area contributed by atoms with Gasteiger partial charge in [0, 0.05) is 24.5 Å². The van der Waals surface area contributed by atoms with Gasteiger partial charge in [-0.25, -0.2) is 9.97 Å². The first-order valence-electron chi connectivity index (χ1n) is 4.58. The van der Waals surface area contributed by atoms with Gasteiger partial charge in [0.05, 0.1) is 18.5 Å². The fraction of sp³-hybridized carbons (Fsp3) is 0.556. The summed E-state index contributed by atoms with van der Waals surface area (Å²) in [4.78, 5) is 8.55. The van der Waals surface area contributed by atoms with Crippen molar-refractivity contribution in [1.82, 2.24) is 15.3 Å². The van der Waals surface area contributed by atoms with E-state index in [-0.39, 0.29) is 0 Å². The number of aromatic nitrogens is 2. The molecule has 1 N–H and O–H groups in total. The van der Waals surface area contributed by atoms with Crippen LogP contribution in [0, 0.1) is 0 Å². The van der Waals surface area contributed by atoms with Gasteiger partial charge in [-0.3, -0.25) is 0 Å². The van der Waals surface area contributed by atoms with Crippen LogP contribution >= 0.6 is 11.8 Å². The molecule has 1 aromatic heterocycles. The lowest BCUT2D eigenvalue weighted by atomic mass is 10.3. The normalized spacial score (nSPS) is 16.6. The SMILES string of the molecule is CNCc1cnc(SC2COC2)nc1. The molecule has 76 valence electrons. The second-order valence-electron chi connectivity index (χ2n) is 3.18. The second-order valence-corrected chi connectivity index (χ2v) is 4.45. The summed E-state index contributed by atoms with van der Waals surface area (Å²) in [5.74, 6) is 0. The number of ether oxygens (including phenoxy) is 1. The Morgan fingerprint density at radius 1 is 1.50 bits per heavy atom. The number of rotatable bonds is 4. The number of hydrogen-bond donors (Lipinski definition) is 1. The highest BCUT2D eigenvalue weighted by Crippen LogP contribution is 2.24. The van der Waals surface area contributed by atoms with Gasteiger partial charge in [0.25, 0.3) is 0 Å². The summed E-state index contributed by atoms with van der Waals surface area (Å²) >= 11 is 1.69. The van der Waals surface area contributed by atoms with Crippen LogP contribution in [0.2, 0.25) is 0 Å². The van der Waals surface area contributed by atoms with E-state index >= 15 is 0 Å². The van der Waals surface area contributed by atoms with Crippen LogP contribution < -0.4 is 5.32 Å². The summed E-state index contributed by atoms with van der Waals surface area (Å²) in [5.41, 5.74) is 1.11. The van der Waals surface area contributed by atoms with E-state index in [0.717, 1.165) is 30.5 Å². The number of hydrogen-bond acceptors (Lipinski definition) is 5. The summed E-state index contributed by atoms with van der Waals surface area (Å²) < 4.78 is 5.08. The van der Waals surface area contributed by atoms with Gasteiger partial charge in [-0.1, -0.05) is 11.8 Å². The monoisotopic (exact) mass is 211 g/mol. The van der Waals surface area contributed by atoms with Crippen molar-refractivity contribution in [2.75, 3.05) is 20.3 Å². The zero-order chi connectivity index (χ0) is 9.80. The standard InChI is InChI=1S/C9H13N3OS/c1-10-2-7-3-11-9(12-4-7)14-8-5-13-6-8/h3-4,8,10H,2,5-6H2,1H3. The Bertz CT molecular complexity index is 287. The van der Waals surface area contributed by atoms with Crippen LogP contribution in [-0.2, 0) is 11.3 Å². The number of nitrogens with one attached hydrogen (secondary N) is 1. The Kier molecular flexibility index (Phi) is 3.34. The fourth-order valence-corrected chi connectivity index (χ4v) is 1.98. The minimum Gasteiger partial charge on any atom is -0.379 e. The van der Waals surface area contributed by atoms with Crippen molar-refractivity contribution < 1.29 is 4.74 Å². The Balaban J connectivity index is 1.91. The van der Waals surface area contributed by atoms with E-state index in [1.807, 2.05) is 19.4 Å². The molecule has 0 aliphatic carbocycles. The highest BCUT2D eigenvalue weighted by Gasteiger charge is 2.20. The highest BCUT2D eigenvalue weighted by molar-refractivity contribution is 7.99. The molecule has 0 bridgehead atoms. The Labute approximate surface area is 87.5 Å². The third-order valence-corrected chi connectivity index (χ3v) is 2.97. The molecule has 0 atom stereocenters. The van der Waals surface area contributed by atoms with E-state index in [2.05, 4.69) is 15.3 Å². The molecule has 2 heterocycles. The molecule has 4 nitrogen and oxygen atoms in total. The Morgan fingerprint density at radius 2 is 2.21 bits per heavy atom. The third kappa shape index (κ3) is 2.43. The molecule has 0 radical (unpaired) electrons. The average molecular weight is 211 g/mol. The van der Waals surface area contributed by atoms with Crippen molar-refractivity contribution >= 4 is 11.8 Å². The summed E-state index contributed by atoms with van der Waals surface area (Å²) in [6, 6.07) is 0. The molecule has 0 aromatic carbocycles. The molecule has 14 heavy (non-hydrogen) atoms. The van der Waals surface area contributed by atoms with Gasteiger partial charge in [-0.2, -0.15) is 0 Å². The molecule has 1 fully saturated rings. The maximum Gasteiger partial charge on any atom is 0.187 e. The largest absolute Gasteiger partial charge is 0.379 e. The summed E-state index contributed by atoms with van der Waals surface area (Å²) in [6.07, 6.45) is 3.73. The minimum atomic E-state index is 0.546. The summed E-state index contributed by atoms with van der Waals surface area (Å²) in [7, 11) is 1.91. The predicted molar refractivity (Wildman–Crippen MR) is 55.3 cm³/mol. The van der Waals surface area contributed by atoms with E-state index in [0.29, 0.717) is 5.25 Å². The van der Waals surface area contributed by atoms with Crippen LogP contribution in [0.15, 0.2) is 17.6 Å². The minimum absolute atomic E-state index is 0.546. The molecule has 0 amide bonds. The van der Waals surface area contributed by atoms with Gasteiger partial charge in [-0.05, 0) is 7.05 Å². The van der Waals surface area contributed by atoms with E-state index in [1.165, 1.54) is 0 Å². The molecule has 0 saturated carbocycles. The molecule has 5 heteroatoms. The average Bonchev–Trinajstić information content (AvgIpc) is 2.14. The second kappa shape index (κ2) is 4.72. The molecule has 0 spiro atoms. The first-order chi connectivity index (χ1) is 6.88. The molecular formula is C9H13N3OS. The highest BCUT2D eigenvalue weighted by atomic mass is 32.2. The quantitative estimate of drug-likeness (QED) is 0.742.